The Labute approximate surface area is 89.3 Å². The summed E-state index contributed by atoms with van der Waals surface area (Å²) in [7, 11) is 3.66. The van der Waals surface area contributed by atoms with Crippen molar-refractivity contribution in [3.63, 3.8) is 0 Å². The third-order valence-corrected chi connectivity index (χ3v) is 2.55. The van der Waals surface area contributed by atoms with Gasteiger partial charge in [-0.05, 0) is 20.9 Å². The Bertz CT molecular complexity index is 360. The Kier molecular flexibility index (Phi) is 3.47. The lowest BCUT2D eigenvalue weighted by Crippen LogP contribution is -2.28. The molecule has 0 spiro atoms. The van der Waals surface area contributed by atoms with Crippen molar-refractivity contribution < 1.29 is 9.90 Å². The molecule has 1 heterocycles. The van der Waals surface area contributed by atoms with Crippen molar-refractivity contribution in [1.29, 1.82) is 0 Å². The molecule has 0 fully saturated rings. The number of aryl methyl sites for hydroxylation is 2. The second-order valence-corrected chi connectivity index (χ2v) is 3.83. The van der Waals surface area contributed by atoms with Crippen molar-refractivity contribution in [2.24, 2.45) is 7.05 Å². The fraction of sp³-hybridized carbons (Fsp3) is 0.600. The van der Waals surface area contributed by atoms with Crippen LogP contribution in [0.1, 0.15) is 24.2 Å². The van der Waals surface area contributed by atoms with E-state index in [4.69, 9.17) is 5.11 Å². The molecule has 0 bridgehead atoms. The van der Waals surface area contributed by atoms with Gasteiger partial charge in [-0.15, -0.1) is 0 Å². The summed E-state index contributed by atoms with van der Waals surface area (Å²) in [5.41, 5.74) is 2.02. The monoisotopic (exact) mass is 211 g/mol. The molecular weight excluding hydrogens is 194 g/mol. The Hall–Kier alpha value is -1.36. The van der Waals surface area contributed by atoms with Crippen LogP contribution < -0.4 is 0 Å². The molecule has 1 aromatic rings. The van der Waals surface area contributed by atoms with Crippen molar-refractivity contribution in [1.82, 2.24) is 14.7 Å². The number of likely N-dealkylation sites (N-methyl/N-ethyl adjacent to an activating group) is 1. The van der Waals surface area contributed by atoms with Crippen LogP contribution in [0.4, 0.5) is 0 Å². The Morgan fingerprint density at radius 2 is 2.33 bits per heavy atom. The van der Waals surface area contributed by atoms with Gasteiger partial charge in [-0.3, -0.25) is 14.4 Å². The highest BCUT2D eigenvalue weighted by Crippen LogP contribution is 2.20. The van der Waals surface area contributed by atoms with Crippen LogP contribution in [-0.4, -0.2) is 39.3 Å². The van der Waals surface area contributed by atoms with Crippen LogP contribution >= 0.6 is 0 Å². The fourth-order valence-corrected chi connectivity index (χ4v) is 1.62. The van der Waals surface area contributed by atoms with Gasteiger partial charge in [0, 0.05) is 24.8 Å². The maximum Gasteiger partial charge on any atom is 0.317 e. The van der Waals surface area contributed by atoms with Crippen LogP contribution in [0.15, 0.2) is 6.20 Å². The van der Waals surface area contributed by atoms with Gasteiger partial charge in [0.2, 0.25) is 0 Å². The number of rotatable bonds is 4. The summed E-state index contributed by atoms with van der Waals surface area (Å²) >= 11 is 0. The minimum Gasteiger partial charge on any atom is -0.480 e. The summed E-state index contributed by atoms with van der Waals surface area (Å²) in [6.45, 7) is 3.95. The largest absolute Gasteiger partial charge is 0.480 e. The summed E-state index contributed by atoms with van der Waals surface area (Å²) in [4.78, 5) is 12.4. The SMILES string of the molecule is Cc1nn(C)cc1C(C)N(C)CC(=O)O. The summed E-state index contributed by atoms with van der Waals surface area (Å²) in [5.74, 6) is -0.814. The average Bonchev–Trinajstić information content (AvgIpc) is 2.42. The van der Waals surface area contributed by atoms with E-state index >= 15 is 0 Å². The molecule has 0 amide bonds. The maximum absolute atomic E-state index is 10.6. The van der Waals surface area contributed by atoms with Crippen molar-refractivity contribution >= 4 is 5.97 Å². The van der Waals surface area contributed by atoms with Gasteiger partial charge in [-0.25, -0.2) is 0 Å². The van der Waals surface area contributed by atoms with E-state index < -0.39 is 5.97 Å². The van der Waals surface area contributed by atoms with Crippen LogP contribution in [0.2, 0.25) is 0 Å². The summed E-state index contributed by atoms with van der Waals surface area (Å²) < 4.78 is 1.75. The maximum atomic E-state index is 10.6. The summed E-state index contributed by atoms with van der Waals surface area (Å²) in [6, 6.07) is 0.0646. The molecule has 5 nitrogen and oxygen atoms in total. The van der Waals surface area contributed by atoms with Gasteiger partial charge in [0.15, 0.2) is 0 Å². The molecule has 15 heavy (non-hydrogen) atoms. The topological polar surface area (TPSA) is 58.4 Å². The van der Waals surface area contributed by atoms with Crippen molar-refractivity contribution in [3.8, 4) is 0 Å². The van der Waals surface area contributed by atoms with Gasteiger partial charge in [0.05, 0.1) is 12.2 Å². The van der Waals surface area contributed by atoms with E-state index in [1.807, 2.05) is 27.1 Å². The number of hydrogen-bond acceptors (Lipinski definition) is 3. The minimum atomic E-state index is -0.814. The van der Waals surface area contributed by atoms with E-state index in [1.54, 1.807) is 16.6 Å². The zero-order valence-electron chi connectivity index (χ0n) is 9.56. The van der Waals surface area contributed by atoms with E-state index in [0.29, 0.717) is 0 Å². The van der Waals surface area contributed by atoms with E-state index in [1.165, 1.54) is 0 Å². The molecule has 84 valence electrons. The smallest absolute Gasteiger partial charge is 0.317 e. The molecule has 0 saturated heterocycles. The van der Waals surface area contributed by atoms with Crippen molar-refractivity contribution in [3.05, 3.63) is 17.5 Å². The predicted molar refractivity (Wildman–Crippen MR) is 56.6 cm³/mol. The summed E-state index contributed by atoms with van der Waals surface area (Å²) in [6.07, 6.45) is 1.93. The average molecular weight is 211 g/mol. The molecule has 1 rings (SSSR count). The van der Waals surface area contributed by atoms with Gasteiger partial charge in [-0.1, -0.05) is 0 Å². The molecule has 5 heteroatoms. The van der Waals surface area contributed by atoms with E-state index in [2.05, 4.69) is 5.10 Å². The van der Waals surface area contributed by atoms with Crippen LogP contribution in [0.25, 0.3) is 0 Å². The second-order valence-electron chi connectivity index (χ2n) is 3.83. The summed E-state index contributed by atoms with van der Waals surface area (Å²) in [5, 5.41) is 12.9. The predicted octanol–water partition coefficient (Wildman–Crippen LogP) is 0.806. The highest BCUT2D eigenvalue weighted by molar-refractivity contribution is 5.69. The number of carboxylic acids is 1. The number of aromatic nitrogens is 2. The molecule has 0 aliphatic carbocycles. The molecular formula is C10H17N3O2. The first-order valence-corrected chi connectivity index (χ1v) is 4.84. The van der Waals surface area contributed by atoms with Gasteiger partial charge >= 0.3 is 5.97 Å². The van der Waals surface area contributed by atoms with Gasteiger partial charge in [0.1, 0.15) is 0 Å². The molecule has 0 saturated carbocycles. The zero-order valence-corrected chi connectivity index (χ0v) is 9.56. The normalized spacial score (nSPS) is 13.1. The van der Waals surface area contributed by atoms with Gasteiger partial charge in [-0.2, -0.15) is 5.10 Å². The van der Waals surface area contributed by atoms with E-state index in [-0.39, 0.29) is 12.6 Å². The molecule has 1 N–H and O–H groups in total. The lowest BCUT2D eigenvalue weighted by molar-refractivity contribution is -0.138. The Morgan fingerprint density at radius 1 is 1.73 bits per heavy atom. The second kappa shape index (κ2) is 4.44. The molecule has 0 aromatic carbocycles. The first-order valence-electron chi connectivity index (χ1n) is 4.84. The number of carboxylic acid groups (broad SMARTS) is 1. The Balaban J connectivity index is 2.79. The number of carbonyl (C=O) groups is 1. The first kappa shape index (κ1) is 11.7. The zero-order chi connectivity index (χ0) is 11.6. The van der Waals surface area contributed by atoms with Crippen LogP contribution in [0.5, 0.6) is 0 Å². The number of aliphatic carboxylic acids is 1. The molecule has 0 radical (unpaired) electrons. The van der Waals surface area contributed by atoms with Crippen molar-refractivity contribution in [2.45, 2.75) is 19.9 Å². The molecule has 1 atom stereocenters. The Morgan fingerprint density at radius 3 is 2.73 bits per heavy atom. The van der Waals surface area contributed by atoms with Crippen LogP contribution in [0.3, 0.4) is 0 Å². The van der Waals surface area contributed by atoms with Crippen LogP contribution in [0, 0.1) is 6.92 Å². The quantitative estimate of drug-likeness (QED) is 0.800. The highest BCUT2D eigenvalue weighted by Gasteiger charge is 2.17. The van der Waals surface area contributed by atoms with Gasteiger partial charge in [0.25, 0.3) is 0 Å². The minimum absolute atomic E-state index is 0.0372. The lowest BCUT2D eigenvalue weighted by atomic mass is 10.1. The van der Waals surface area contributed by atoms with Gasteiger partial charge < -0.3 is 5.11 Å². The third-order valence-electron chi connectivity index (χ3n) is 2.55. The molecule has 0 aliphatic rings. The van der Waals surface area contributed by atoms with E-state index in [9.17, 15) is 4.79 Å². The first-order chi connectivity index (χ1) is 6.91. The van der Waals surface area contributed by atoms with E-state index in [0.717, 1.165) is 11.3 Å². The number of hydrogen-bond donors (Lipinski definition) is 1. The lowest BCUT2D eigenvalue weighted by Gasteiger charge is -2.22. The third kappa shape index (κ3) is 2.79. The standard InChI is InChI=1S/C10H17N3O2/c1-7-9(5-13(4)11-7)8(2)12(3)6-10(14)15/h5,8H,6H2,1-4H3,(H,14,15). The van der Waals surface area contributed by atoms with Crippen molar-refractivity contribution in [2.75, 3.05) is 13.6 Å². The molecule has 1 aromatic heterocycles. The fourth-order valence-electron chi connectivity index (χ4n) is 1.62. The highest BCUT2D eigenvalue weighted by atomic mass is 16.4. The van der Waals surface area contributed by atoms with Crippen LogP contribution in [-0.2, 0) is 11.8 Å². The number of nitrogens with zero attached hydrogens (tertiary/aromatic N) is 3. The molecule has 0 aliphatic heterocycles. The molecule has 1 unspecified atom stereocenters.